The summed E-state index contributed by atoms with van der Waals surface area (Å²) in [6.45, 7) is 6.97. The highest BCUT2D eigenvalue weighted by Crippen LogP contribution is 2.28. The lowest BCUT2D eigenvalue weighted by Gasteiger charge is -2.36. The number of methoxy groups -OCH3 is 1. The maximum absolute atomic E-state index is 13.2. The third-order valence-corrected chi connectivity index (χ3v) is 5.62. The molecule has 1 amide bonds. The Morgan fingerprint density at radius 3 is 2.53 bits per heavy atom. The monoisotopic (exact) mass is 406 g/mol. The fraction of sp³-hybridized carbons (Fsp3) is 0.348. The molecule has 7 nitrogen and oxygen atoms in total. The average molecular weight is 406 g/mol. The quantitative estimate of drug-likeness (QED) is 0.666. The maximum Gasteiger partial charge on any atom is 0.259 e. The number of aryl methyl sites for hydroxylation is 2. The molecule has 156 valence electrons. The van der Waals surface area contributed by atoms with Gasteiger partial charge in [-0.2, -0.15) is 0 Å². The maximum atomic E-state index is 13.2. The van der Waals surface area contributed by atoms with Crippen LogP contribution in [0.1, 0.15) is 23.0 Å². The molecule has 1 saturated heterocycles. The number of nitrogens with zero attached hydrogens (tertiary/aromatic N) is 4. The first-order valence-electron chi connectivity index (χ1n) is 10.2. The SMILES string of the molecule is CCn1cc(C(=O)N2CCN(c3ccccc3OC)CC2)c(=O)c2ccc(C)nc21. The molecule has 1 aliphatic rings. The molecule has 4 rings (SSSR count). The van der Waals surface area contributed by atoms with E-state index in [1.54, 1.807) is 24.3 Å². The number of fused-ring (bicyclic) bond motifs is 1. The van der Waals surface area contributed by atoms with Gasteiger partial charge in [0.1, 0.15) is 17.0 Å². The second kappa shape index (κ2) is 8.18. The zero-order valence-corrected chi connectivity index (χ0v) is 17.6. The molecular weight excluding hydrogens is 380 g/mol. The first kappa shape index (κ1) is 19.9. The van der Waals surface area contributed by atoms with Gasteiger partial charge in [-0.15, -0.1) is 0 Å². The molecule has 3 aromatic rings. The zero-order valence-electron chi connectivity index (χ0n) is 17.6. The lowest BCUT2D eigenvalue weighted by molar-refractivity contribution is 0.0745. The van der Waals surface area contributed by atoms with Gasteiger partial charge in [-0.3, -0.25) is 9.59 Å². The molecule has 1 fully saturated rings. The van der Waals surface area contributed by atoms with E-state index >= 15 is 0 Å². The number of carbonyl (C=O) groups excluding carboxylic acids is 1. The number of piperazine rings is 1. The lowest BCUT2D eigenvalue weighted by Crippen LogP contribution is -2.49. The number of para-hydroxylation sites is 2. The largest absolute Gasteiger partial charge is 0.495 e. The Labute approximate surface area is 175 Å². The minimum Gasteiger partial charge on any atom is -0.495 e. The van der Waals surface area contributed by atoms with Crippen molar-refractivity contribution in [2.75, 3.05) is 38.2 Å². The molecule has 0 bridgehead atoms. The van der Waals surface area contributed by atoms with Crippen LogP contribution in [0.15, 0.2) is 47.4 Å². The smallest absolute Gasteiger partial charge is 0.259 e. The summed E-state index contributed by atoms with van der Waals surface area (Å²) in [7, 11) is 1.66. The van der Waals surface area contributed by atoms with E-state index in [1.165, 1.54) is 0 Å². The summed E-state index contributed by atoms with van der Waals surface area (Å²) in [4.78, 5) is 34.7. The molecule has 0 N–H and O–H groups in total. The highest BCUT2D eigenvalue weighted by Gasteiger charge is 2.26. The number of anilines is 1. The average Bonchev–Trinajstić information content (AvgIpc) is 2.79. The molecule has 1 aromatic carbocycles. The van der Waals surface area contributed by atoms with Gasteiger partial charge < -0.3 is 19.1 Å². The molecule has 3 heterocycles. The Balaban J connectivity index is 1.59. The third kappa shape index (κ3) is 3.51. The number of pyridine rings is 2. The van der Waals surface area contributed by atoms with Crippen LogP contribution in [0.5, 0.6) is 5.75 Å². The topological polar surface area (TPSA) is 67.7 Å². The van der Waals surface area contributed by atoms with Crippen LogP contribution >= 0.6 is 0 Å². The Kier molecular flexibility index (Phi) is 5.44. The number of carbonyl (C=O) groups is 1. The van der Waals surface area contributed by atoms with Crippen LogP contribution in [0.4, 0.5) is 5.69 Å². The van der Waals surface area contributed by atoms with Gasteiger partial charge in [0.15, 0.2) is 0 Å². The van der Waals surface area contributed by atoms with Crippen LogP contribution in [0, 0.1) is 6.92 Å². The summed E-state index contributed by atoms with van der Waals surface area (Å²) in [6, 6.07) is 11.5. The summed E-state index contributed by atoms with van der Waals surface area (Å²) in [6.07, 6.45) is 1.66. The van der Waals surface area contributed by atoms with Crippen LogP contribution in [0.2, 0.25) is 0 Å². The molecular formula is C23H26N4O3. The summed E-state index contributed by atoms with van der Waals surface area (Å²) in [5.74, 6) is 0.602. The molecule has 30 heavy (non-hydrogen) atoms. The predicted octanol–water partition coefficient (Wildman–Crippen LogP) is 2.70. The number of hydrogen-bond acceptors (Lipinski definition) is 5. The number of aromatic nitrogens is 2. The van der Waals surface area contributed by atoms with Crippen molar-refractivity contribution in [2.45, 2.75) is 20.4 Å². The number of ether oxygens (including phenoxy) is 1. The Morgan fingerprint density at radius 1 is 1.10 bits per heavy atom. The standard InChI is InChI=1S/C23H26N4O3/c1-4-25-15-18(21(28)17-10-9-16(2)24-22(17)25)23(29)27-13-11-26(12-14-27)19-7-5-6-8-20(19)30-3/h5-10,15H,4,11-14H2,1-3H3. The van der Waals surface area contributed by atoms with Crippen LogP contribution in [0.25, 0.3) is 11.0 Å². The molecule has 0 atom stereocenters. The third-order valence-electron chi connectivity index (χ3n) is 5.62. The van der Waals surface area contributed by atoms with Gasteiger partial charge in [-0.05, 0) is 38.1 Å². The normalized spacial score (nSPS) is 14.2. The van der Waals surface area contributed by atoms with Crippen molar-refractivity contribution in [3.63, 3.8) is 0 Å². The van der Waals surface area contributed by atoms with Crippen molar-refractivity contribution >= 4 is 22.6 Å². The molecule has 2 aromatic heterocycles. The first-order chi connectivity index (χ1) is 14.5. The first-order valence-corrected chi connectivity index (χ1v) is 10.2. The fourth-order valence-electron chi connectivity index (χ4n) is 3.97. The van der Waals surface area contributed by atoms with Gasteiger partial charge in [0.2, 0.25) is 5.43 Å². The summed E-state index contributed by atoms with van der Waals surface area (Å²) in [5.41, 5.74) is 2.45. The molecule has 0 saturated carbocycles. The van der Waals surface area contributed by atoms with E-state index in [9.17, 15) is 9.59 Å². The minimum absolute atomic E-state index is 0.209. The van der Waals surface area contributed by atoms with Crippen molar-refractivity contribution in [3.8, 4) is 5.75 Å². The van der Waals surface area contributed by atoms with Gasteiger partial charge >= 0.3 is 0 Å². The van der Waals surface area contributed by atoms with Gasteiger partial charge in [0.25, 0.3) is 5.91 Å². The van der Waals surface area contributed by atoms with E-state index in [-0.39, 0.29) is 16.9 Å². The molecule has 0 radical (unpaired) electrons. The number of amides is 1. The van der Waals surface area contributed by atoms with Crippen molar-refractivity contribution in [3.05, 3.63) is 64.1 Å². The Hall–Kier alpha value is -3.35. The van der Waals surface area contributed by atoms with Crippen LogP contribution < -0.4 is 15.1 Å². The Bertz CT molecular complexity index is 1150. The van der Waals surface area contributed by atoms with Crippen LogP contribution in [-0.4, -0.2) is 53.6 Å². The van der Waals surface area contributed by atoms with E-state index in [2.05, 4.69) is 9.88 Å². The van der Waals surface area contributed by atoms with Gasteiger partial charge in [0, 0.05) is 44.6 Å². The van der Waals surface area contributed by atoms with Crippen molar-refractivity contribution in [1.82, 2.24) is 14.5 Å². The molecule has 0 unspecified atom stereocenters. The highest BCUT2D eigenvalue weighted by atomic mass is 16.5. The van der Waals surface area contributed by atoms with Crippen LogP contribution in [0.3, 0.4) is 0 Å². The number of rotatable bonds is 4. The summed E-state index contributed by atoms with van der Waals surface area (Å²) in [5, 5.41) is 0.487. The molecule has 0 spiro atoms. The van der Waals surface area contributed by atoms with Crippen molar-refractivity contribution in [2.24, 2.45) is 0 Å². The van der Waals surface area contributed by atoms with E-state index in [0.717, 1.165) is 17.1 Å². The van der Waals surface area contributed by atoms with Gasteiger partial charge in [0.05, 0.1) is 18.2 Å². The van der Waals surface area contributed by atoms with E-state index in [4.69, 9.17) is 4.74 Å². The second-order valence-electron chi connectivity index (χ2n) is 7.43. The Morgan fingerprint density at radius 2 is 1.83 bits per heavy atom. The molecule has 1 aliphatic heterocycles. The zero-order chi connectivity index (χ0) is 21.3. The summed E-state index contributed by atoms with van der Waals surface area (Å²) >= 11 is 0. The highest BCUT2D eigenvalue weighted by molar-refractivity contribution is 5.97. The van der Waals surface area contributed by atoms with Crippen molar-refractivity contribution < 1.29 is 9.53 Å². The number of benzene rings is 1. The van der Waals surface area contributed by atoms with E-state index in [1.807, 2.05) is 48.7 Å². The molecule has 7 heteroatoms. The van der Waals surface area contributed by atoms with Crippen molar-refractivity contribution in [1.29, 1.82) is 0 Å². The number of hydrogen-bond donors (Lipinski definition) is 0. The fourth-order valence-corrected chi connectivity index (χ4v) is 3.97. The van der Waals surface area contributed by atoms with Crippen LogP contribution in [-0.2, 0) is 6.54 Å². The van der Waals surface area contributed by atoms with Gasteiger partial charge in [-0.1, -0.05) is 12.1 Å². The van der Waals surface area contributed by atoms with E-state index in [0.29, 0.717) is 43.8 Å². The van der Waals surface area contributed by atoms with Gasteiger partial charge in [-0.25, -0.2) is 4.98 Å². The lowest BCUT2D eigenvalue weighted by atomic mass is 10.1. The minimum atomic E-state index is -0.251. The molecule has 0 aliphatic carbocycles. The second-order valence-corrected chi connectivity index (χ2v) is 7.43. The van der Waals surface area contributed by atoms with E-state index < -0.39 is 0 Å². The summed E-state index contributed by atoms with van der Waals surface area (Å²) < 4.78 is 7.34. The predicted molar refractivity (Wildman–Crippen MR) is 118 cm³/mol.